The van der Waals surface area contributed by atoms with Gasteiger partial charge in [0.15, 0.2) is 0 Å². The Morgan fingerprint density at radius 3 is 2.37 bits per heavy atom. The molecule has 1 saturated heterocycles. The van der Waals surface area contributed by atoms with Crippen molar-refractivity contribution in [2.24, 2.45) is 0 Å². The second-order valence-electron chi connectivity index (χ2n) is 6.98. The van der Waals surface area contributed by atoms with Crippen molar-refractivity contribution in [2.45, 2.75) is 78.2 Å². The van der Waals surface area contributed by atoms with E-state index in [2.05, 4.69) is 59.8 Å². The first-order valence-electron chi connectivity index (χ1n) is 7.14. The minimum Gasteiger partial charge on any atom is -0.368 e. The van der Waals surface area contributed by atoms with Gasteiger partial charge >= 0.3 is 0 Å². The van der Waals surface area contributed by atoms with Crippen molar-refractivity contribution in [1.29, 1.82) is 0 Å². The molecule has 0 amide bonds. The van der Waals surface area contributed by atoms with Crippen molar-refractivity contribution < 1.29 is 4.74 Å². The summed E-state index contributed by atoms with van der Waals surface area (Å²) in [6.45, 7) is 15.4. The second kappa shape index (κ2) is 4.87. The predicted molar refractivity (Wildman–Crippen MR) is 83.0 cm³/mol. The van der Waals surface area contributed by atoms with Crippen molar-refractivity contribution in [3.05, 3.63) is 21.4 Å². The molecule has 0 spiro atoms. The Labute approximate surface area is 121 Å². The average molecular weight is 281 g/mol. The van der Waals surface area contributed by atoms with Gasteiger partial charge in [-0.1, -0.05) is 0 Å². The number of ether oxygens (including phenoxy) is 1. The third-order valence-corrected chi connectivity index (χ3v) is 5.05. The first-order valence-corrected chi connectivity index (χ1v) is 7.95. The molecular weight excluding hydrogens is 254 g/mol. The summed E-state index contributed by atoms with van der Waals surface area (Å²) in [5, 5.41) is 3.78. The predicted octanol–water partition coefficient (Wildman–Crippen LogP) is 4.36. The van der Waals surface area contributed by atoms with E-state index in [1.54, 1.807) is 0 Å². The van der Waals surface area contributed by atoms with Crippen molar-refractivity contribution in [3.8, 4) is 0 Å². The SMILES string of the molecule is Cc1cc(C(C)NC2CC(C)(C)OC2(C)C)c(C)s1. The Hall–Kier alpha value is -0.380. The highest BCUT2D eigenvalue weighted by molar-refractivity contribution is 7.12. The monoisotopic (exact) mass is 281 g/mol. The van der Waals surface area contributed by atoms with Gasteiger partial charge in [-0.2, -0.15) is 0 Å². The third kappa shape index (κ3) is 3.21. The highest BCUT2D eigenvalue weighted by atomic mass is 32.1. The molecule has 2 nitrogen and oxygen atoms in total. The maximum absolute atomic E-state index is 6.16. The Morgan fingerprint density at radius 1 is 1.32 bits per heavy atom. The van der Waals surface area contributed by atoms with Crippen molar-refractivity contribution in [3.63, 3.8) is 0 Å². The zero-order valence-electron chi connectivity index (χ0n) is 13.3. The van der Waals surface area contributed by atoms with E-state index in [9.17, 15) is 0 Å². The van der Waals surface area contributed by atoms with Crippen molar-refractivity contribution in [2.75, 3.05) is 0 Å². The molecule has 1 aromatic rings. The molecule has 3 heteroatoms. The van der Waals surface area contributed by atoms with Crippen LogP contribution in [0.1, 0.15) is 62.4 Å². The van der Waals surface area contributed by atoms with Gasteiger partial charge in [-0.25, -0.2) is 0 Å². The molecule has 2 unspecified atom stereocenters. The summed E-state index contributed by atoms with van der Waals surface area (Å²) < 4.78 is 6.16. The summed E-state index contributed by atoms with van der Waals surface area (Å²) in [6.07, 6.45) is 1.06. The Bertz CT molecular complexity index is 461. The average Bonchev–Trinajstić information content (AvgIpc) is 2.63. The Balaban J connectivity index is 2.11. The van der Waals surface area contributed by atoms with Crippen LogP contribution in [0.3, 0.4) is 0 Å². The Morgan fingerprint density at radius 2 is 1.95 bits per heavy atom. The van der Waals surface area contributed by atoms with E-state index >= 15 is 0 Å². The lowest BCUT2D eigenvalue weighted by molar-refractivity contribution is -0.0703. The maximum Gasteiger partial charge on any atom is 0.0787 e. The number of aryl methyl sites for hydroxylation is 2. The van der Waals surface area contributed by atoms with E-state index in [-0.39, 0.29) is 11.2 Å². The molecule has 108 valence electrons. The molecule has 1 aliphatic heterocycles. The molecule has 0 saturated carbocycles. The molecule has 0 aliphatic carbocycles. The summed E-state index contributed by atoms with van der Waals surface area (Å²) >= 11 is 1.88. The molecule has 2 heterocycles. The van der Waals surface area contributed by atoms with E-state index in [0.29, 0.717) is 12.1 Å². The van der Waals surface area contributed by atoms with Crippen LogP contribution in [0.15, 0.2) is 6.07 Å². The molecule has 2 rings (SSSR count). The summed E-state index contributed by atoms with van der Waals surface area (Å²) in [4.78, 5) is 2.82. The lowest BCUT2D eigenvalue weighted by Gasteiger charge is -2.30. The van der Waals surface area contributed by atoms with Gasteiger partial charge in [-0.05, 0) is 66.5 Å². The number of hydrogen-bond acceptors (Lipinski definition) is 3. The van der Waals surface area contributed by atoms with E-state index in [0.717, 1.165) is 6.42 Å². The van der Waals surface area contributed by atoms with Crippen LogP contribution < -0.4 is 5.32 Å². The Kier molecular flexibility index (Phi) is 3.85. The minimum atomic E-state index is -0.100. The number of hydrogen-bond donors (Lipinski definition) is 1. The number of rotatable bonds is 3. The van der Waals surface area contributed by atoms with E-state index in [1.165, 1.54) is 15.3 Å². The fourth-order valence-electron chi connectivity index (χ4n) is 3.29. The number of thiophene rings is 1. The molecule has 2 atom stereocenters. The smallest absolute Gasteiger partial charge is 0.0787 e. The van der Waals surface area contributed by atoms with Crippen LogP contribution in [0.25, 0.3) is 0 Å². The van der Waals surface area contributed by atoms with Gasteiger partial charge in [0.1, 0.15) is 0 Å². The molecule has 0 radical (unpaired) electrons. The lowest BCUT2D eigenvalue weighted by atomic mass is 9.93. The zero-order valence-corrected chi connectivity index (χ0v) is 14.1. The molecule has 1 aromatic heterocycles. The quantitative estimate of drug-likeness (QED) is 0.888. The fourth-order valence-corrected chi connectivity index (χ4v) is 4.32. The highest BCUT2D eigenvalue weighted by Crippen LogP contribution is 2.38. The second-order valence-corrected chi connectivity index (χ2v) is 8.44. The standard InChI is InChI=1S/C16H27NOS/c1-10-8-13(12(3)19-10)11(2)17-14-9-15(4,5)18-16(14,6)7/h8,11,14,17H,9H2,1-7H3. The molecule has 19 heavy (non-hydrogen) atoms. The van der Waals surface area contributed by atoms with Crippen LogP contribution in [-0.4, -0.2) is 17.2 Å². The number of nitrogens with one attached hydrogen (secondary N) is 1. The molecular formula is C16H27NOS. The summed E-state index contributed by atoms with van der Waals surface area (Å²) in [5.41, 5.74) is 1.31. The fraction of sp³-hybridized carbons (Fsp3) is 0.750. The van der Waals surface area contributed by atoms with Crippen molar-refractivity contribution in [1.82, 2.24) is 5.32 Å². The van der Waals surface area contributed by atoms with E-state index in [4.69, 9.17) is 4.74 Å². The summed E-state index contributed by atoms with van der Waals surface area (Å²) in [5.74, 6) is 0. The van der Waals surface area contributed by atoms with Crippen LogP contribution in [0.2, 0.25) is 0 Å². The van der Waals surface area contributed by atoms with Gasteiger partial charge in [0.2, 0.25) is 0 Å². The minimum absolute atomic E-state index is 0.0273. The lowest BCUT2D eigenvalue weighted by Crippen LogP contribution is -2.44. The molecule has 0 aromatic carbocycles. The molecule has 1 N–H and O–H groups in total. The maximum atomic E-state index is 6.16. The van der Waals surface area contributed by atoms with Gasteiger partial charge in [0.25, 0.3) is 0 Å². The van der Waals surface area contributed by atoms with E-state index in [1.807, 2.05) is 11.3 Å². The van der Waals surface area contributed by atoms with Gasteiger partial charge in [-0.15, -0.1) is 11.3 Å². The van der Waals surface area contributed by atoms with Gasteiger partial charge < -0.3 is 10.1 Å². The van der Waals surface area contributed by atoms with Gasteiger partial charge in [-0.3, -0.25) is 0 Å². The van der Waals surface area contributed by atoms with Gasteiger partial charge in [0, 0.05) is 21.8 Å². The van der Waals surface area contributed by atoms with Crippen molar-refractivity contribution >= 4 is 11.3 Å². The van der Waals surface area contributed by atoms with Crippen LogP contribution >= 0.6 is 11.3 Å². The van der Waals surface area contributed by atoms with Crippen LogP contribution in [-0.2, 0) is 4.74 Å². The largest absolute Gasteiger partial charge is 0.368 e. The highest BCUT2D eigenvalue weighted by Gasteiger charge is 2.46. The zero-order chi connectivity index (χ0) is 14.4. The molecule has 1 aliphatic rings. The first-order chi connectivity index (χ1) is 8.61. The first kappa shape index (κ1) is 15.0. The van der Waals surface area contributed by atoms with Crippen LogP contribution in [0, 0.1) is 13.8 Å². The van der Waals surface area contributed by atoms with Gasteiger partial charge in [0.05, 0.1) is 11.2 Å². The molecule has 0 bridgehead atoms. The summed E-state index contributed by atoms with van der Waals surface area (Å²) in [6, 6.07) is 3.09. The van der Waals surface area contributed by atoms with Crippen LogP contribution in [0.4, 0.5) is 0 Å². The van der Waals surface area contributed by atoms with E-state index < -0.39 is 0 Å². The molecule has 1 fully saturated rings. The third-order valence-electron chi connectivity index (χ3n) is 4.07. The summed E-state index contributed by atoms with van der Waals surface area (Å²) in [7, 11) is 0. The van der Waals surface area contributed by atoms with Crippen LogP contribution in [0.5, 0.6) is 0 Å². The normalized spacial score (nSPS) is 26.6. The topological polar surface area (TPSA) is 21.3 Å².